The predicted molar refractivity (Wildman–Crippen MR) is 33.4 cm³/mol. The normalized spacial score (nSPS) is 18.3. The first kappa shape index (κ1) is 6.80. The first-order chi connectivity index (χ1) is 3.00. The molecule has 3 radical (unpaired) electrons. The van der Waals surface area contributed by atoms with Gasteiger partial charge in [-0.2, -0.15) is 0 Å². The summed E-state index contributed by atoms with van der Waals surface area (Å²) in [5.41, 5.74) is 0. The third-order valence-corrected chi connectivity index (χ3v) is 1.16. The van der Waals surface area contributed by atoms with E-state index < -0.39 is 0 Å². The standard InChI is InChI=1S/C6H10.B/c1-2-4-6-5-3-1;/h1-2H,3-6H2;. The van der Waals surface area contributed by atoms with E-state index in [1.807, 2.05) is 0 Å². The van der Waals surface area contributed by atoms with Crippen LogP contribution in [0.15, 0.2) is 12.2 Å². The zero-order valence-corrected chi connectivity index (χ0v) is 4.56. The molecule has 1 aliphatic carbocycles. The second kappa shape index (κ2) is 3.98. The summed E-state index contributed by atoms with van der Waals surface area (Å²) in [6, 6.07) is 0. The lowest BCUT2D eigenvalue weighted by Gasteiger charge is -1.97. The highest BCUT2D eigenvalue weighted by Crippen LogP contribution is 2.07. The minimum atomic E-state index is 0. The fraction of sp³-hybridized carbons (Fsp3) is 0.667. The second-order valence-corrected chi connectivity index (χ2v) is 1.76. The van der Waals surface area contributed by atoms with E-state index in [0.29, 0.717) is 0 Å². The van der Waals surface area contributed by atoms with Crippen molar-refractivity contribution in [1.82, 2.24) is 0 Å². The average molecular weight is 93.0 g/mol. The van der Waals surface area contributed by atoms with Gasteiger partial charge in [0.2, 0.25) is 0 Å². The SMILES string of the molecule is C1=CCCCC1.[B]. The summed E-state index contributed by atoms with van der Waals surface area (Å²) < 4.78 is 0. The van der Waals surface area contributed by atoms with Crippen LogP contribution in [0.3, 0.4) is 0 Å². The van der Waals surface area contributed by atoms with Crippen molar-refractivity contribution in [2.24, 2.45) is 0 Å². The molecule has 0 unspecified atom stereocenters. The number of rotatable bonds is 0. The van der Waals surface area contributed by atoms with Crippen LogP contribution in [0.25, 0.3) is 0 Å². The monoisotopic (exact) mass is 93.1 g/mol. The molecular weight excluding hydrogens is 82.9 g/mol. The summed E-state index contributed by atoms with van der Waals surface area (Å²) in [5, 5.41) is 0. The highest BCUT2D eigenvalue weighted by Gasteiger charge is 1.87. The Bertz CT molecular complexity index is 49.2. The van der Waals surface area contributed by atoms with E-state index in [-0.39, 0.29) is 8.41 Å². The molecule has 1 heteroatoms. The number of hydrogen-bond donors (Lipinski definition) is 0. The van der Waals surface area contributed by atoms with Gasteiger partial charge in [0, 0.05) is 8.41 Å². The Morgan fingerprint density at radius 2 is 1.29 bits per heavy atom. The summed E-state index contributed by atoms with van der Waals surface area (Å²) in [5.74, 6) is 0. The predicted octanol–water partition coefficient (Wildman–Crippen LogP) is 1.74. The third-order valence-electron chi connectivity index (χ3n) is 1.16. The van der Waals surface area contributed by atoms with Gasteiger partial charge in [-0.3, -0.25) is 0 Å². The van der Waals surface area contributed by atoms with E-state index in [2.05, 4.69) is 12.2 Å². The van der Waals surface area contributed by atoms with Gasteiger partial charge in [-0.1, -0.05) is 12.2 Å². The van der Waals surface area contributed by atoms with Gasteiger partial charge in [-0.05, 0) is 25.7 Å². The molecule has 1 aliphatic rings. The molecule has 0 aromatic carbocycles. The molecule has 0 atom stereocenters. The lowest BCUT2D eigenvalue weighted by molar-refractivity contribution is 0.730. The van der Waals surface area contributed by atoms with Crippen molar-refractivity contribution in [3.63, 3.8) is 0 Å². The van der Waals surface area contributed by atoms with Gasteiger partial charge >= 0.3 is 0 Å². The number of hydrogen-bond acceptors (Lipinski definition) is 0. The quantitative estimate of drug-likeness (QED) is 0.316. The third kappa shape index (κ3) is 2.49. The summed E-state index contributed by atoms with van der Waals surface area (Å²) in [6.45, 7) is 0. The van der Waals surface area contributed by atoms with Gasteiger partial charge in [0.1, 0.15) is 0 Å². The zero-order valence-electron chi connectivity index (χ0n) is 4.56. The van der Waals surface area contributed by atoms with Crippen molar-refractivity contribution in [2.45, 2.75) is 25.7 Å². The van der Waals surface area contributed by atoms with Crippen molar-refractivity contribution >= 4 is 8.41 Å². The van der Waals surface area contributed by atoms with E-state index in [0.717, 1.165) is 0 Å². The topological polar surface area (TPSA) is 0 Å². The molecule has 7 heavy (non-hydrogen) atoms. The molecular formula is C6H10B. The van der Waals surface area contributed by atoms with Crippen molar-refractivity contribution in [3.05, 3.63) is 12.2 Å². The van der Waals surface area contributed by atoms with Gasteiger partial charge in [0.05, 0.1) is 0 Å². The number of allylic oxidation sites excluding steroid dienone is 2. The molecule has 0 nitrogen and oxygen atoms in total. The van der Waals surface area contributed by atoms with Gasteiger partial charge < -0.3 is 0 Å². The molecule has 0 heterocycles. The Morgan fingerprint density at radius 1 is 0.857 bits per heavy atom. The fourth-order valence-electron chi connectivity index (χ4n) is 0.760. The highest BCUT2D eigenvalue weighted by molar-refractivity contribution is 5.75. The summed E-state index contributed by atoms with van der Waals surface area (Å²) in [7, 11) is 0. The zero-order chi connectivity index (χ0) is 4.24. The van der Waals surface area contributed by atoms with Crippen LogP contribution in [0.4, 0.5) is 0 Å². The van der Waals surface area contributed by atoms with Crippen LogP contribution >= 0.6 is 0 Å². The second-order valence-electron chi connectivity index (χ2n) is 1.76. The first-order valence-corrected chi connectivity index (χ1v) is 2.65. The Balaban J connectivity index is 0.000000360. The van der Waals surface area contributed by atoms with E-state index in [1.54, 1.807) is 0 Å². The minimum Gasteiger partial charge on any atom is -0.0885 e. The van der Waals surface area contributed by atoms with Crippen LogP contribution in [0.1, 0.15) is 25.7 Å². The van der Waals surface area contributed by atoms with Crippen molar-refractivity contribution in [2.75, 3.05) is 0 Å². The van der Waals surface area contributed by atoms with Gasteiger partial charge in [0.25, 0.3) is 0 Å². The van der Waals surface area contributed by atoms with Crippen molar-refractivity contribution < 1.29 is 0 Å². The van der Waals surface area contributed by atoms with Crippen LogP contribution in [-0.4, -0.2) is 8.41 Å². The van der Waals surface area contributed by atoms with Crippen LogP contribution in [0.2, 0.25) is 0 Å². The van der Waals surface area contributed by atoms with E-state index in [1.165, 1.54) is 25.7 Å². The summed E-state index contributed by atoms with van der Waals surface area (Å²) in [6.07, 6.45) is 10.0. The fourth-order valence-corrected chi connectivity index (χ4v) is 0.760. The Hall–Kier alpha value is -0.195. The molecule has 0 bridgehead atoms. The van der Waals surface area contributed by atoms with Gasteiger partial charge in [0.15, 0.2) is 0 Å². The molecule has 0 aromatic rings. The smallest absolute Gasteiger partial charge is 0 e. The van der Waals surface area contributed by atoms with Crippen LogP contribution in [0.5, 0.6) is 0 Å². The lowest BCUT2D eigenvalue weighted by Crippen LogP contribution is -1.77. The molecule has 0 spiro atoms. The Morgan fingerprint density at radius 3 is 1.43 bits per heavy atom. The minimum absolute atomic E-state index is 0. The van der Waals surface area contributed by atoms with E-state index >= 15 is 0 Å². The molecule has 0 aliphatic heterocycles. The maximum Gasteiger partial charge on any atom is 0 e. The van der Waals surface area contributed by atoms with E-state index in [9.17, 15) is 0 Å². The van der Waals surface area contributed by atoms with Crippen LogP contribution in [0, 0.1) is 0 Å². The Labute approximate surface area is 47.2 Å². The molecule has 0 amide bonds. The van der Waals surface area contributed by atoms with Crippen LogP contribution < -0.4 is 0 Å². The molecule has 0 saturated heterocycles. The molecule has 0 aromatic heterocycles. The van der Waals surface area contributed by atoms with Crippen LogP contribution in [-0.2, 0) is 0 Å². The molecule has 1 rings (SSSR count). The Kier molecular flexibility index (Phi) is 3.87. The summed E-state index contributed by atoms with van der Waals surface area (Å²) >= 11 is 0. The van der Waals surface area contributed by atoms with Crippen molar-refractivity contribution in [3.8, 4) is 0 Å². The van der Waals surface area contributed by atoms with Crippen molar-refractivity contribution in [1.29, 1.82) is 0 Å². The average Bonchev–Trinajstić information content (AvgIpc) is 1.72. The lowest BCUT2D eigenvalue weighted by atomic mass is 10.1. The molecule has 0 fully saturated rings. The largest absolute Gasteiger partial charge is 0.0885 e. The highest BCUT2D eigenvalue weighted by atomic mass is 13.9. The maximum atomic E-state index is 2.27. The van der Waals surface area contributed by atoms with Gasteiger partial charge in [-0.25, -0.2) is 0 Å². The maximum absolute atomic E-state index is 2.27. The molecule has 0 saturated carbocycles. The summed E-state index contributed by atoms with van der Waals surface area (Å²) in [4.78, 5) is 0. The molecule has 37 valence electrons. The van der Waals surface area contributed by atoms with E-state index in [4.69, 9.17) is 0 Å². The first-order valence-electron chi connectivity index (χ1n) is 2.65. The molecule has 0 N–H and O–H groups in total. The van der Waals surface area contributed by atoms with Gasteiger partial charge in [-0.15, -0.1) is 0 Å².